The first-order valence-corrected chi connectivity index (χ1v) is 18.4. The van der Waals surface area contributed by atoms with Crippen molar-refractivity contribution >= 4 is 46.2 Å². The lowest BCUT2D eigenvalue weighted by molar-refractivity contribution is 0.325. The van der Waals surface area contributed by atoms with Gasteiger partial charge in [-0.1, -0.05) is 49.4 Å². The molecular formula is C39H43BF2N6O3S. The summed E-state index contributed by atoms with van der Waals surface area (Å²) in [7, 11) is 1.35. The molecule has 2 aromatic heterocycles. The van der Waals surface area contributed by atoms with Crippen LogP contribution in [0.1, 0.15) is 44.1 Å². The van der Waals surface area contributed by atoms with E-state index in [1.54, 1.807) is 42.5 Å². The Balaban J connectivity index is 0.000000148. The van der Waals surface area contributed by atoms with Crippen LogP contribution >= 0.6 is 12.0 Å². The Morgan fingerprint density at radius 3 is 2.40 bits per heavy atom. The van der Waals surface area contributed by atoms with E-state index in [1.807, 2.05) is 0 Å². The Morgan fingerprint density at radius 2 is 1.83 bits per heavy atom. The number of nitrogens with one attached hydrogen (secondary N) is 1. The summed E-state index contributed by atoms with van der Waals surface area (Å²) in [6.07, 6.45) is 17.1. The average Bonchev–Trinajstić information content (AvgIpc) is 3.97. The Kier molecular flexibility index (Phi) is 12.1. The second-order valence-corrected chi connectivity index (χ2v) is 14.2. The summed E-state index contributed by atoms with van der Waals surface area (Å²) < 4.78 is 42.9. The van der Waals surface area contributed by atoms with Gasteiger partial charge < -0.3 is 30.3 Å². The molecule has 0 aliphatic carbocycles. The molecule has 9 nitrogen and oxygen atoms in total. The standard InChI is InChI=1S/C20H12F2N4O.C7H13N.C6H12BN.C6H6O2S/c1-3-11-14(21)8-7-10-5-4-6-12(15(10)11)17-16(22)18-13(9-24-17)19(23)26-20(25-18)27-2;1-3-7-4-2-6-8(7)5-1;1-7-4-5-2-3-6(7)8-5;7-5-2-1-3-6(4-5)9-8/h1,4-9H,2H3,(H2,23,25,26);7H,1-6H2;5-6,8H,2-4H2,1H3;1-4,7-8H. The predicted molar refractivity (Wildman–Crippen MR) is 206 cm³/mol. The van der Waals surface area contributed by atoms with Crippen molar-refractivity contribution in [3.8, 4) is 35.4 Å². The number of phenolic OH excluding ortho intramolecular Hbond substituents is 1. The van der Waals surface area contributed by atoms with Crippen LogP contribution in [-0.4, -0.2) is 74.4 Å². The highest BCUT2D eigenvalue weighted by atomic mass is 32.2. The second kappa shape index (κ2) is 16.9. The molecule has 2 bridgehead atoms. The molecule has 5 aromatic rings. The van der Waals surface area contributed by atoms with E-state index in [1.165, 1.54) is 83.4 Å². The highest BCUT2D eigenvalue weighted by Gasteiger charge is 2.38. The van der Waals surface area contributed by atoms with E-state index in [-0.39, 0.29) is 39.7 Å². The van der Waals surface area contributed by atoms with Crippen molar-refractivity contribution in [1.82, 2.24) is 25.2 Å². The third-order valence-electron chi connectivity index (χ3n) is 10.3. The van der Waals surface area contributed by atoms with Crippen molar-refractivity contribution in [2.75, 3.05) is 25.9 Å². The number of terminal acetylenes is 1. The van der Waals surface area contributed by atoms with E-state index < -0.39 is 11.6 Å². The fraction of sp³-hybridized carbons (Fsp3) is 0.359. The number of hydrogen-bond donors (Lipinski definition) is 4. The number of rotatable bonds is 3. The third kappa shape index (κ3) is 8.26. The van der Waals surface area contributed by atoms with Gasteiger partial charge in [0.05, 0.1) is 18.1 Å². The van der Waals surface area contributed by atoms with Crippen LogP contribution in [0.5, 0.6) is 11.8 Å². The van der Waals surface area contributed by atoms with E-state index in [0.717, 1.165) is 24.7 Å². The van der Waals surface area contributed by atoms with Crippen molar-refractivity contribution in [3.05, 3.63) is 78.0 Å². The molecule has 0 saturated carbocycles. The Bertz CT molecular complexity index is 2060. The zero-order valence-corrected chi connectivity index (χ0v) is 30.2. The van der Waals surface area contributed by atoms with Crippen LogP contribution in [0.3, 0.4) is 0 Å². The first-order valence-electron chi connectivity index (χ1n) is 17.6. The monoisotopic (exact) mass is 724 g/mol. The zero-order valence-electron chi connectivity index (χ0n) is 29.4. The van der Waals surface area contributed by atoms with Crippen LogP contribution in [0.15, 0.2) is 65.7 Å². The first kappa shape index (κ1) is 37.3. The van der Waals surface area contributed by atoms with E-state index in [9.17, 15) is 4.39 Å². The lowest BCUT2D eigenvalue weighted by Gasteiger charge is -2.12. The van der Waals surface area contributed by atoms with Gasteiger partial charge in [-0.2, -0.15) is 9.97 Å². The van der Waals surface area contributed by atoms with Gasteiger partial charge in [0.15, 0.2) is 12.5 Å². The normalized spacial score (nSPS) is 18.9. The molecule has 270 valence electrons. The number of hydrogen-bond acceptors (Lipinski definition) is 10. The van der Waals surface area contributed by atoms with Gasteiger partial charge in [0.1, 0.15) is 28.6 Å². The quantitative estimate of drug-likeness (QED) is 0.0836. The number of aromatic nitrogens is 3. The van der Waals surface area contributed by atoms with Crippen molar-refractivity contribution in [3.63, 3.8) is 0 Å². The van der Waals surface area contributed by atoms with Gasteiger partial charge in [-0.05, 0) is 93.2 Å². The van der Waals surface area contributed by atoms with E-state index in [2.05, 4.69) is 37.9 Å². The topological polar surface area (TPSA) is 130 Å². The minimum Gasteiger partial charge on any atom is -0.508 e. The molecule has 4 saturated heterocycles. The molecule has 13 heteroatoms. The molecule has 4 aliphatic rings. The molecule has 9 rings (SSSR count). The summed E-state index contributed by atoms with van der Waals surface area (Å²) in [5.41, 5.74) is 6.18. The number of pyridine rings is 1. The molecule has 3 aromatic carbocycles. The van der Waals surface area contributed by atoms with Crippen LogP contribution in [0.25, 0.3) is 32.9 Å². The van der Waals surface area contributed by atoms with Crippen molar-refractivity contribution in [2.45, 2.75) is 74.6 Å². The number of ether oxygens (including phenoxy) is 1. The summed E-state index contributed by atoms with van der Waals surface area (Å²) in [6, 6.07) is 16.2. The minimum atomic E-state index is -0.723. The van der Waals surface area contributed by atoms with E-state index in [4.69, 9.17) is 26.6 Å². The van der Waals surface area contributed by atoms with Crippen molar-refractivity contribution in [2.24, 2.45) is 0 Å². The number of halogens is 2. The smallest absolute Gasteiger partial charge is 0.318 e. The lowest BCUT2D eigenvalue weighted by atomic mass is 9.43. The number of phenols is 1. The Hall–Kier alpha value is -4.48. The molecule has 4 aliphatic heterocycles. The SMILES string of the molecule is C#Cc1c(F)ccc2cccc(-c3ncc4c(N)nc(OC)nc4c3F)c12.C1CC2CCCN2C1.CB1CC2CCC1N2.OSc1cccc(O)c1. The molecule has 0 radical (unpaired) electrons. The number of nitrogen functional groups attached to an aromatic ring is 1. The number of fused-ring (bicyclic) bond motifs is 5. The summed E-state index contributed by atoms with van der Waals surface area (Å²) in [6.45, 7) is 6.11. The largest absolute Gasteiger partial charge is 0.508 e. The molecule has 4 fully saturated rings. The van der Waals surface area contributed by atoms with Gasteiger partial charge in [-0.25, -0.2) is 8.78 Å². The van der Waals surface area contributed by atoms with Gasteiger partial charge >= 0.3 is 6.01 Å². The Labute approximate surface area is 307 Å². The number of nitrogens with two attached hydrogens (primary N) is 1. The van der Waals surface area contributed by atoms with Crippen LogP contribution < -0.4 is 15.8 Å². The highest BCUT2D eigenvalue weighted by molar-refractivity contribution is 7.93. The van der Waals surface area contributed by atoms with Crippen molar-refractivity contribution in [1.29, 1.82) is 0 Å². The molecule has 0 spiro atoms. The zero-order chi connectivity index (χ0) is 36.8. The maximum Gasteiger partial charge on any atom is 0.318 e. The first-order chi connectivity index (χ1) is 25.2. The number of benzene rings is 3. The molecule has 52 heavy (non-hydrogen) atoms. The molecule has 5 N–H and O–H groups in total. The number of anilines is 1. The van der Waals surface area contributed by atoms with Crippen LogP contribution in [0.2, 0.25) is 13.1 Å². The van der Waals surface area contributed by atoms with Crippen LogP contribution in [-0.2, 0) is 0 Å². The minimum absolute atomic E-state index is 0.0182. The summed E-state index contributed by atoms with van der Waals surface area (Å²) in [4.78, 5) is 15.4. The highest BCUT2D eigenvalue weighted by Crippen LogP contribution is 2.35. The molecule has 0 amide bonds. The number of nitrogens with zero attached hydrogens (tertiary/aromatic N) is 4. The third-order valence-corrected chi connectivity index (χ3v) is 10.8. The second-order valence-electron chi connectivity index (χ2n) is 13.6. The summed E-state index contributed by atoms with van der Waals surface area (Å²) in [5.74, 6) is 2.16. The lowest BCUT2D eigenvalue weighted by Crippen LogP contribution is -2.27. The van der Waals surface area contributed by atoms with Gasteiger partial charge in [-0.15, -0.1) is 6.42 Å². The van der Waals surface area contributed by atoms with Crippen molar-refractivity contribution < 1.29 is 23.2 Å². The molecular weight excluding hydrogens is 681 g/mol. The molecule has 6 heterocycles. The molecule has 2 unspecified atom stereocenters. The average molecular weight is 725 g/mol. The van der Waals surface area contributed by atoms with E-state index in [0.29, 0.717) is 33.3 Å². The maximum absolute atomic E-state index is 15.3. The number of methoxy groups -OCH3 is 1. The van der Waals surface area contributed by atoms with Gasteiger partial charge in [0.2, 0.25) is 0 Å². The van der Waals surface area contributed by atoms with Crippen LogP contribution in [0, 0.1) is 24.0 Å². The maximum atomic E-state index is 15.3. The van der Waals surface area contributed by atoms with Gasteiger partial charge in [0, 0.05) is 40.1 Å². The van der Waals surface area contributed by atoms with E-state index >= 15 is 4.39 Å². The predicted octanol–water partition coefficient (Wildman–Crippen LogP) is 7.68. The summed E-state index contributed by atoms with van der Waals surface area (Å²) >= 11 is 0.623. The number of aromatic hydroxyl groups is 1. The molecule has 2 atom stereocenters. The van der Waals surface area contributed by atoms with Crippen LogP contribution in [0.4, 0.5) is 14.6 Å². The van der Waals surface area contributed by atoms with Gasteiger partial charge in [0.25, 0.3) is 0 Å². The fourth-order valence-corrected chi connectivity index (χ4v) is 8.03. The summed E-state index contributed by atoms with van der Waals surface area (Å²) in [5, 5.41) is 13.7. The Morgan fingerprint density at radius 1 is 1.06 bits per heavy atom. The van der Waals surface area contributed by atoms with Gasteiger partial charge in [-0.3, -0.25) is 4.98 Å². The fourth-order valence-electron chi connectivity index (χ4n) is 7.71.